The van der Waals surface area contributed by atoms with Crippen LogP contribution in [0.15, 0.2) is 0 Å². The lowest BCUT2D eigenvalue weighted by atomic mass is 10.1. The van der Waals surface area contributed by atoms with Crippen molar-refractivity contribution in [2.75, 3.05) is 6.61 Å². The zero-order chi connectivity index (χ0) is 11.7. The highest BCUT2D eigenvalue weighted by atomic mass is 28.3. The molecule has 0 heterocycles. The van der Waals surface area contributed by atoms with E-state index in [1.807, 2.05) is 0 Å². The van der Waals surface area contributed by atoms with Crippen LogP contribution in [-0.4, -0.2) is 19.8 Å². The summed E-state index contributed by atoms with van der Waals surface area (Å²) >= 11 is 0. The van der Waals surface area contributed by atoms with Gasteiger partial charge in [-0.2, -0.15) is 0 Å². The first-order valence-corrected chi connectivity index (χ1v) is 8.87. The standard InChI is InChI=1S/C13H26OSi/c1-5-15(6-2,7-3)12-8-9-13(4)10-11-14/h13-14H,5-7,9-11H2,1-4H3/t13-/m0/s1. The van der Waals surface area contributed by atoms with E-state index in [1.165, 1.54) is 18.1 Å². The Hall–Kier alpha value is -0.263. The van der Waals surface area contributed by atoms with Crippen molar-refractivity contribution < 1.29 is 5.11 Å². The van der Waals surface area contributed by atoms with Crippen LogP contribution in [0.4, 0.5) is 0 Å². The number of rotatable bonds is 6. The molecule has 0 aromatic heterocycles. The van der Waals surface area contributed by atoms with E-state index in [9.17, 15) is 0 Å². The molecular weight excluding hydrogens is 200 g/mol. The average molecular weight is 226 g/mol. The van der Waals surface area contributed by atoms with Gasteiger partial charge in [-0.1, -0.05) is 27.7 Å². The maximum Gasteiger partial charge on any atom is 0.137 e. The largest absolute Gasteiger partial charge is 0.396 e. The van der Waals surface area contributed by atoms with Gasteiger partial charge in [-0.05, 0) is 30.5 Å². The van der Waals surface area contributed by atoms with Crippen LogP contribution >= 0.6 is 0 Å². The minimum absolute atomic E-state index is 0.292. The monoisotopic (exact) mass is 226 g/mol. The molecule has 0 aliphatic carbocycles. The summed E-state index contributed by atoms with van der Waals surface area (Å²) in [7, 11) is -1.23. The molecule has 0 radical (unpaired) electrons. The third-order valence-electron chi connectivity index (χ3n) is 3.46. The van der Waals surface area contributed by atoms with E-state index in [-0.39, 0.29) is 0 Å². The first-order chi connectivity index (χ1) is 7.14. The normalized spacial score (nSPS) is 13.1. The third-order valence-corrected chi connectivity index (χ3v) is 8.22. The summed E-state index contributed by atoms with van der Waals surface area (Å²) in [6, 6.07) is 3.84. The van der Waals surface area contributed by atoms with Gasteiger partial charge in [-0.25, -0.2) is 0 Å². The Balaban J connectivity index is 4.22. The molecule has 0 aliphatic heterocycles. The Labute approximate surface area is 96.3 Å². The topological polar surface area (TPSA) is 20.2 Å². The van der Waals surface area contributed by atoms with Gasteiger partial charge in [0.1, 0.15) is 8.07 Å². The Morgan fingerprint density at radius 1 is 1.13 bits per heavy atom. The molecule has 1 atom stereocenters. The molecule has 0 saturated carbocycles. The Bertz CT molecular complexity index is 202. The van der Waals surface area contributed by atoms with Crippen molar-refractivity contribution in [3.63, 3.8) is 0 Å². The zero-order valence-corrected chi connectivity index (χ0v) is 11.8. The lowest BCUT2D eigenvalue weighted by Gasteiger charge is -2.20. The van der Waals surface area contributed by atoms with Crippen LogP contribution in [0.2, 0.25) is 18.1 Å². The zero-order valence-electron chi connectivity index (χ0n) is 10.8. The molecule has 2 heteroatoms. The first-order valence-electron chi connectivity index (χ1n) is 6.25. The molecule has 0 amide bonds. The Morgan fingerprint density at radius 3 is 2.07 bits per heavy atom. The smallest absolute Gasteiger partial charge is 0.137 e. The van der Waals surface area contributed by atoms with Crippen LogP contribution in [0.5, 0.6) is 0 Å². The molecule has 0 aromatic carbocycles. The maximum absolute atomic E-state index is 8.79. The molecule has 0 aromatic rings. The van der Waals surface area contributed by atoms with Gasteiger partial charge < -0.3 is 5.11 Å². The van der Waals surface area contributed by atoms with Gasteiger partial charge in [-0.15, -0.1) is 11.5 Å². The lowest BCUT2D eigenvalue weighted by Crippen LogP contribution is -2.29. The van der Waals surface area contributed by atoms with E-state index in [0.29, 0.717) is 12.5 Å². The first kappa shape index (κ1) is 14.7. The van der Waals surface area contributed by atoms with Gasteiger partial charge in [0.2, 0.25) is 0 Å². The molecule has 1 N–H and O–H groups in total. The highest BCUT2D eigenvalue weighted by molar-refractivity contribution is 6.87. The van der Waals surface area contributed by atoms with Crippen LogP contribution in [0.25, 0.3) is 0 Å². The number of aliphatic hydroxyl groups excluding tert-OH is 1. The quantitative estimate of drug-likeness (QED) is 0.543. The second kappa shape index (κ2) is 7.96. The molecule has 0 aliphatic rings. The summed E-state index contributed by atoms with van der Waals surface area (Å²) in [6.07, 6.45) is 1.84. The van der Waals surface area contributed by atoms with Crippen LogP contribution < -0.4 is 0 Å². The molecule has 0 bridgehead atoms. The van der Waals surface area contributed by atoms with E-state index in [0.717, 1.165) is 12.8 Å². The number of hydrogen-bond acceptors (Lipinski definition) is 1. The predicted molar refractivity (Wildman–Crippen MR) is 70.5 cm³/mol. The fourth-order valence-electron chi connectivity index (χ4n) is 1.75. The fourth-order valence-corrected chi connectivity index (χ4v) is 4.26. The molecule has 1 nitrogen and oxygen atoms in total. The minimum Gasteiger partial charge on any atom is -0.396 e. The van der Waals surface area contributed by atoms with Crippen molar-refractivity contribution in [3.8, 4) is 11.5 Å². The summed E-state index contributed by atoms with van der Waals surface area (Å²) in [4.78, 5) is 0. The van der Waals surface area contributed by atoms with E-state index in [1.54, 1.807) is 0 Å². The summed E-state index contributed by atoms with van der Waals surface area (Å²) in [6.45, 7) is 9.31. The van der Waals surface area contributed by atoms with Gasteiger partial charge in [0.15, 0.2) is 0 Å². The van der Waals surface area contributed by atoms with Gasteiger partial charge >= 0.3 is 0 Å². The summed E-state index contributed by atoms with van der Waals surface area (Å²) in [5, 5.41) is 8.79. The SMILES string of the molecule is CC[Si](C#CC[C@H](C)CCO)(CC)CC. The van der Waals surface area contributed by atoms with Crippen molar-refractivity contribution in [1.82, 2.24) is 0 Å². The van der Waals surface area contributed by atoms with Gasteiger partial charge in [0.05, 0.1) is 0 Å². The molecule has 0 fully saturated rings. The number of aliphatic hydroxyl groups is 1. The van der Waals surface area contributed by atoms with Gasteiger partial charge in [-0.3, -0.25) is 0 Å². The minimum atomic E-state index is -1.23. The van der Waals surface area contributed by atoms with Crippen LogP contribution in [-0.2, 0) is 0 Å². The lowest BCUT2D eigenvalue weighted by molar-refractivity contribution is 0.264. The highest BCUT2D eigenvalue weighted by Gasteiger charge is 2.23. The summed E-state index contributed by atoms with van der Waals surface area (Å²) < 4.78 is 0. The molecule has 0 rings (SSSR count). The molecule has 0 saturated heterocycles. The summed E-state index contributed by atoms with van der Waals surface area (Å²) in [5.74, 6) is 3.91. The second-order valence-electron chi connectivity index (χ2n) is 4.46. The maximum atomic E-state index is 8.79. The van der Waals surface area contributed by atoms with Crippen LogP contribution in [0, 0.1) is 17.4 Å². The van der Waals surface area contributed by atoms with Gasteiger partial charge in [0, 0.05) is 13.0 Å². The molecule has 88 valence electrons. The molecule has 15 heavy (non-hydrogen) atoms. The Morgan fingerprint density at radius 2 is 1.67 bits per heavy atom. The van der Waals surface area contributed by atoms with Crippen LogP contribution in [0.3, 0.4) is 0 Å². The third kappa shape index (κ3) is 5.39. The Kier molecular flexibility index (Phi) is 7.82. The van der Waals surface area contributed by atoms with E-state index >= 15 is 0 Å². The van der Waals surface area contributed by atoms with E-state index in [2.05, 4.69) is 39.2 Å². The summed E-state index contributed by atoms with van der Waals surface area (Å²) in [5.41, 5.74) is 3.58. The van der Waals surface area contributed by atoms with Crippen molar-refractivity contribution in [2.45, 2.75) is 58.7 Å². The number of hydrogen-bond donors (Lipinski definition) is 1. The average Bonchev–Trinajstić information content (AvgIpc) is 2.25. The van der Waals surface area contributed by atoms with E-state index in [4.69, 9.17) is 5.11 Å². The van der Waals surface area contributed by atoms with Crippen molar-refractivity contribution in [1.29, 1.82) is 0 Å². The highest BCUT2D eigenvalue weighted by Crippen LogP contribution is 2.19. The van der Waals surface area contributed by atoms with E-state index < -0.39 is 8.07 Å². The predicted octanol–water partition coefficient (Wildman–Crippen LogP) is 3.45. The molecule has 0 spiro atoms. The fraction of sp³-hybridized carbons (Fsp3) is 0.846. The van der Waals surface area contributed by atoms with Gasteiger partial charge in [0.25, 0.3) is 0 Å². The van der Waals surface area contributed by atoms with Crippen molar-refractivity contribution >= 4 is 8.07 Å². The van der Waals surface area contributed by atoms with Crippen molar-refractivity contribution in [3.05, 3.63) is 0 Å². The van der Waals surface area contributed by atoms with Crippen LogP contribution in [0.1, 0.15) is 40.5 Å². The molecular formula is C13H26OSi. The second-order valence-corrected chi connectivity index (χ2v) is 9.40. The van der Waals surface area contributed by atoms with Crippen molar-refractivity contribution in [2.24, 2.45) is 5.92 Å². The molecule has 0 unspecified atom stereocenters.